The standard InChI is InChI=1S/C22H26ClN3O2/c1-17-6-3-4-7-19(17)15-26(18(2)27)16-22(28)25-12-10-24(11-13-25)21-9-5-8-20(23)14-21/h3-9,14H,10-13,15-16H2,1-2H3. The predicted molar refractivity (Wildman–Crippen MR) is 113 cm³/mol. The molecule has 2 amide bonds. The zero-order valence-corrected chi connectivity index (χ0v) is 17.2. The van der Waals surface area contributed by atoms with Crippen LogP contribution in [-0.2, 0) is 16.1 Å². The number of halogens is 1. The van der Waals surface area contributed by atoms with Gasteiger partial charge in [0.15, 0.2) is 0 Å². The zero-order valence-electron chi connectivity index (χ0n) is 16.4. The van der Waals surface area contributed by atoms with Crippen molar-refractivity contribution in [2.24, 2.45) is 0 Å². The second-order valence-electron chi connectivity index (χ2n) is 7.15. The molecule has 2 aromatic carbocycles. The number of carbonyl (C=O) groups excluding carboxylic acids is 2. The summed E-state index contributed by atoms with van der Waals surface area (Å²) in [4.78, 5) is 30.5. The van der Waals surface area contributed by atoms with E-state index in [2.05, 4.69) is 4.90 Å². The second kappa shape index (κ2) is 9.11. The Balaban J connectivity index is 1.58. The molecule has 6 heteroatoms. The van der Waals surface area contributed by atoms with Crippen LogP contribution in [0.5, 0.6) is 0 Å². The molecule has 2 aromatic rings. The Morgan fingerprint density at radius 1 is 1.04 bits per heavy atom. The summed E-state index contributed by atoms with van der Waals surface area (Å²) in [5.74, 6) is -0.0938. The number of aryl methyl sites for hydroxylation is 1. The molecule has 0 unspecified atom stereocenters. The number of hydrogen-bond acceptors (Lipinski definition) is 3. The maximum absolute atomic E-state index is 12.8. The van der Waals surface area contributed by atoms with Crippen LogP contribution >= 0.6 is 11.6 Å². The van der Waals surface area contributed by atoms with Gasteiger partial charge in [0.1, 0.15) is 6.54 Å². The minimum Gasteiger partial charge on any atom is -0.368 e. The molecular formula is C22H26ClN3O2. The Labute approximate surface area is 171 Å². The molecule has 5 nitrogen and oxygen atoms in total. The van der Waals surface area contributed by atoms with Gasteiger partial charge in [-0.25, -0.2) is 0 Å². The smallest absolute Gasteiger partial charge is 0.242 e. The van der Waals surface area contributed by atoms with Crippen molar-refractivity contribution in [3.05, 3.63) is 64.7 Å². The highest BCUT2D eigenvalue weighted by Gasteiger charge is 2.24. The lowest BCUT2D eigenvalue weighted by Crippen LogP contribution is -2.51. The van der Waals surface area contributed by atoms with Crippen LogP contribution in [0, 0.1) is 6.92 Å². The lowest BCUT2D eigenvalue weighted by atomic mass is 10.1. The molecule has 0 atom stereocenters. The summed E-state index contributed by atoms with van der Waals surface area (Å²) >= 11 is 6.08. The highest BCUT2D eigenvalue weighted by molar-refractivity contribution is 6.30. The van der Waals surface area contributed by atoms with E-state index in [1.807, 2.05) is 60.4 Å². The maximum Gasteiger partial charge on any atom is 0.242 e. The normalized spacial score (nSPS) is 14.1. The first-order chi connectivity index (χ1) is 13.4. The molecule has 0 aromatic heterocycles. The van der Waals surface area contributed by atoms with Gasteiger partial charge in [0.25, 0.3) is 0 Å². The van der Waals surface area contributed by atoms with E-state index in [0.717, 1.165) is 29.9 Å². The van der Waals surface area contributed by atoms with Crippen molar-refractivity contribution >= 4 is 29.1 Å². The third kappa shape index (κ3) is 5.04. The molecule has 0 radical (unpaired) electrons. The number of rotatable bonds is 5. The Morgan fingerprint density at radius 2 is 1.75 bits per heavy atom. The van der Waals surface area contributed by atoms with E-state index in [-0.39, 0.29) is 18.4 Å². The molecule has 1 aliphatic heterocycles. The lowest BCUT2D eigenvalue weighted by Gasteiger charge is -2.37. The van der Waals surface area contributed by atoms with Crippen molar-refractivity contribution in [2.45, 2.75) is 20.4 Å². The van der Waals surface area contributed by atoms with Crippen LogP contribution in [0.2, 0.25) is 5.02 Å². The number of benzene rings is 2. The minimum absolute atomic E-state index is 0.00507. The van der Waals surface area contributed by atoms with E-state index in [1.165, 1.54) is 6.92 Å². The first-order valence-electron chi connectivity index (χ1n) is 9.52. The summed E-state index contributed by atoms with van der Waals surface area (Å²) in [6.07, 6.45) is 0. The van der Waals surface area contributed by atoms with Crippen LogP contribution in [0.1, 0.15) is 18.1 Å². The Bertz CT molecular complexity index is 847. The molecule has 3 rings (SSSR count). The van der Waals surface area contributed by atoms with Gasteiger partial charge in [-0.1, -0.05) is 41.9 Å². The number of hydrogen-bond donors (Lipinski definition) is 0. The number of amides is 2. The van der Waals surface area contributed by atoms with Crippen molar-refractivity contribution in [1.29, 1.82) is 0 Å². The molecule has 0 spiro atoms. The van der Waals surface area contributed by atoms with Gasteiger partial charge in [-0.2, -0.15) is 0 Å². The summed E-state index contributed by atoms with van der Waals surface area (Å²) in [6, 6.07) is 15.7. The number of piperazine rings is 1. The van der Waals surface area contributed by atoms with Crippen LogP contribution in [-0.4, -0.2) is 54.3 Å². The van der Waals surface area contributed by atoms with E-state index in [1.54, 1.807) is 4.90 Å². The molecule has 0 N–H and O–H groups in total. The van der Waals surface area contributed by atoms with Crippen molar-refractivity contribution in [3.8, 4) is 0 Å². The molecule has 1 heterocycles. The zero-order chi connectivity index (χ0) is 20.1. The number of anilines is 1. The first kappa shape index (κ1) is 20.2. The van der Waals surface area contributed by atoms with Gasteiger partial charge in [-0.05, 0) is 36.2 Å². The lowest BCUT2D eigenvalue weighted by molar-refractivity contribution is -0.140. The fraction of sp³-hybridized carbons (Fsp3) is 0.364. The molecule has 1 saturated heterocycles. The molecular weight excluding hydrogens is 374 g/mol. The van der Waals surface area contributed by atoms with E-state index < -0.39 is 0 Å². The van der Waals surface area contributed by atoms with Crippen molar-refractivity contribution in [3.63, 3.8) is 0 Å². The summed E-state index contributed by atoms with van der Waals surface area (Å²) in [6.45, 7) is 6.89. The van der Waals surface area contributed by atoms with E-state index in [4.69, 9.17) is 11.6 Å². The van der Waals surface area contributed by atoms with E-state index >= 15 is 0 Å². The third-order valence-electron chi connectivity index (χ3n) is 5.20. The molecule has 28 heavy (non-hydrogen) atoms. The fourth-order valence-corrected chi connectivity index (χ4v) is 3.61. The molecule has 0 bridgehead atoms. The molecule has 1 fully saturated rings. The quantitative estimate of drug-likeness (QED) is 0.774. The highest BCUT2D eigenvalue weighted by Crippen LogP contribution is 2.21. The topological polar surface area (TPSA) is 43.9 Å². The van der Waals surface area contributed by atoms with Crippen LogP contribution < -0.4 is 4.90 Å². The van der Waals surface area contributed by atoms with Crippen molar-refractivity contribution in [2.75, 3.05) is 37.6 Å². The molecule has 0 saturated carbocycles. The van der Waals surface area contributed by atoms with Crippen molar-refractivity contribution < 1.29 is 9.59 Å². The molecule has 148 valence electrons. The van der Waals surface area contributed by atoms with Gasteiger partial charge < -0.3 is 14.7 Å². The van der Waals surface area contributed by atoms with Gasteiger partial charge >= 0.3 is 0 Å². The largest absolute Gasteiger partial charge is 0.368 e. The summed E-state index contributed by atoms with van der Waals surface area (Å²) in [5, 5.41) is 0.712. The first-order valence-corrected chi connectivity index (χ1v) is 9.90. The van der Waals surface area contributed by atoms with Crippen molar-refractivity contribution in [1.82, 2.24) is 9.80 Å². The van der Waals surface area contributed by atoms with E-state index in [9.17, 15) is 9.59 Å². The predicted octanol–water partition coefficient (Wildman–Crippen LogP) is 3.35. The van der Waals surface area contributed by atoms with Crippen LogP contribution in [0.4, 0.5) is 5.69 Å². The van der Waals surface area contributed by atoms with E-state index in [0.29, 0.717) is 24.7 Å². The Morgan fingerprint density at radius 3 is 2.39 bits per heavy atom. The third-order valence-corrected chi connectivity index (χ3v) is 5.43. The minimum atomic E-state index is -0.0887. The highest BCUT2D eigenvalue weighted by atomic mass is 35.5. The molecule has 0 aliphatic carbocycles. The summed E-state index contributed by atoms with van der Waals surface area (Å²) in [5.41, 5.74) is 3.26. The SMILES string of the molecule is CC(=O)N(CC(=O)N1CCN(c2cccc(Cl)c2)CC1)Cc1ccccc1C. The second-order valence-corrected chi connectivity index (χ2v) is 7.59. The van der Waals surface area contributed by atoms with Gasteiger partial charge in [-0.3, -0.25) is 9.59 Å². The molecule has 1 aliphatic rings. The summed E-state index contributed by atoms with van der Waals surface area (Å²) in [7, 11) is 0. The van der Waals surface area contributed by atoms with Gasteiger partial charge in [0.2, 0.25) is 11.8 Å². The number of nitrogens with zero attached hydrogens (tertiary/aromatic N) is 3. The van der Waals surface area contributed by atoms with Gasteiger partial charge in [-0.15, -0.1) is 0 Å². The number of carbonyl (C=O) groups is 2. The van der Waals surface area contributed by atoms with Gasteiger partial charge in [0, 0.05) is 50.4 Å². The van der Waals surface area contributed by atoms with Crippen LogP contribution in [0.15, 0.2) is 48.5 Å². The average Bonchev–Trinajstić information content (AvgIpc) is 2.69. The average molecular weight is 400 g/mol. The van der Waals surface area contributed by atoms with Crippen LogP contribution in [0.3, 0.4) is 0 Å². The maximum atomic E-state index is 12.8. The van der Waals surface area contributed by atoms with Gasteiger partial charge in [0.05, 0.1) is 0 Å². The van der Waals surface area contributed by atoms with Crippen LogP contribution in [0.25, 0.3) is 0 Å². The monoisotopic (exact) mass is 399 g/mol. The summed E-state index contributed by atoms with van der Waals surface area (Å²) < 4.78 is 0. The Hall–Kier alpha value is -2.53. The Kier molecular flexibility index (Phi) is 6.57. The fourth-order valence-electron chi connectivity index (χ4n) is 3.42.